The van der Waals surface area contributed by atoms with Gasteiger partial charge in [0.05, 0.1) is 37.5 Å². The Hall–Kier alpha value is -3.00. The number of esters is 1. The van der Waals surface area contributed by atoms with E-state index in [0.717, 1.165) is 10.7 Å². The molecule has 26 heavy (non-hydrogen) atoms. The van der Waals surface area contributed by atoms with Crippen molar-refractivity contribution in [3.05, 3.63) is 59.6 Å². The Bertz CT molecular complexity index is 780. The molecule has 0 bridgehead atoms. The van der Waals surface area contributed by atoms with Crippen LogP contribution < -0.4 is 15.5 Å². The van der Waals surface area contributed by atoms with E-state index < -0.39 is 12.0 Å². The number of carbonyl (C=O) groups is 2. The van der Waals surface area contributed by atoms with Crippen molar-refractivity contribution in [2.24, 2.45) is 0 Å². The van der Waals surface area contributed by atoms with Crippen molar-refractivity contribution in [2.45, 2.75) is 19.5 Å². The van der Waals surface area contributed by atoms with Gasteiger partial charge in [0.15, 0.2) is 5.76 Å². The summed E-state index contributed by atoms with van der Waals surface area (Å²) in [6.07, 6.45) is 3.12. The fourth-order valence-electron chi connectivity index (χ4n) is 2.95. The van der Waals surface area contributed by atoms with Crippen LogP contribution >= 0.6 is 0 Å². The van der Waals surface area contributed by atoms with Gasteiger partial charge < -0.3 is 29.1 Å². The highest BCUT2D eigenvalue weighted by atomic mass is 16.5. The first kappa shape index (κ1) is 17.8. The van der Waals surface area contributed by atoms with Gasteiger partial charge in [-0.2, -0.15) is 0 Å². The van der Waals surface area contributed by atoms with Crippen LogP contribution in [0.3, 0.4) is 0 Å². The summed E-state index contributed by atoms with van der Waals surface area (Å²) in [6, 6.07) is 6.05. The van der Waals surface area contributed by atoms with Gasteiger partial charge in [0.25, 0.3) is 0 Å². The van der Waals surface area contributed by atoms with Gasteiger partial charge in [-0.3, -0.25) is 0 Å². The number of carbonyl (C=O) groups excluding carboxylic acids is 2. The number of quaternary nitrogens is 1. The summed E-state index contributed by atoms with van der Waals surface area (Å²) in [5.74, 6) is 0.815. The topological polar surface area (TPSA) is 98.2 Å². The maximum absolute atomic E-state index is 12.6. The van der Waals surface area contributed by atoms with Gasteiger partial charge in [-0.15, -0.1) is 0 Å². The van der Waals surface area contributed by atoms with Crippen LogP contribution in [-0.2, 0) is 16.1 Å². The maximum Gasteiger partial charge on any atom is 0.338 e. The van der Waals surface area contributed by atoms with E-state index in [2.05, 4.69) is 10.6 Å². The molecule has 1 unspecified atom stereocenters. The van der Waals surface area contributed by atoms with E-state index in [9.17, 15) is 9.59 Å². The SMILES string of the molecule is CCOC(=O)C1=C(C[NH+](C)Cc2ccco2)NC(=O)N[C@@H]1c1ccco1. The van der Waals surface area contributed by atoms with Gasteiger partial charge in [-0.05, 0) is 31.2 Å². The summed E-state index contributed by atoms with van der Waals surface area (Å²) >= 11 is 0. The van der Waals surface area contributed by atoms with Gasteiger partial charge in [0, 0.05) is 0 Å². The van der Waals surface area contributed by atoms with Crippen LogP contribution in [0, 0.1) is 0 Å². The number of likely N-dealkylation sites (N-methyl/N-ethyl adjacent to an activating group) is 1. The van der Waals surface area contributed by atoms with E-state index in [-0.39, 0.29) is 12.6 Å². The first-order valence-electron chi connectivity index (χ1n) is 8.43. The third kappa shape index (κ3) is 3.97. The molecule has 0 saturated carbocycles. The predicted molar refractivity (Wildman–Crippen MR) is 90.9 cm³/mol. The summed E-state index contributed by atoms with van der Waals surface area (Å²) in [5.41, 5.74) is 0.859. The van der Waals surface area contributed by atoms with Gasteiger partial charge in [0.1, 0.15) is 24.9 Å². The normalized spacial score (nSPS) is 18.2. The second-order valence-electron chi connectivity index (χ2n) is 6.05. The van der Waals surface area contributed by atoms with E-state index >= 15 is 0 Å². The zero-order valence-corrected chi connectivity index (χ0v) is 14.7. The molecule has 2 aromatic rings. The van der Waals surface area contributed by atoms with Gasteiger partial charge >= 0.3 is 12.0 Å². The van der Waals surface area contributed by atoms with Crippen molar-refractivity contribution >= 4 is 12.0 Å². The number of nitrogens with one attached hydrogen (secondary N) is 3. The lowest BCUT2D eigenvalue weighted by Gasteiger charge is -2.28. The quantitative estimate of drug-likeness (QED) is 0.633. The van der Waals surface area contributed by atoms with E-state index in [4.69, 9.17) is 13.6 Å². The Morgan fingerprint density at radius 3 is 2.65 bits per heavy atom. The lowest BCUT2D eigenvalue weighted by Crippen LogP contribution is -3.08. The van der Waals surface area contributed by atoms with E-state index in [1.807, 2.05) is 19.2 Å². The molecule has 0 saturated heterocycles. The first-order chi connectivity index (χ1) is 12.6. The highest BCUT2D eigenvalue weighted by Gasteiger charge is 2.36. The summed E-state index contributed by atoms with van der Waals surface area (Å²) in [7, 11) is 1.95. The largest absolute Gasteiger partial charge is 0.467 e. The van der Waals surface area contributed by atoms with Crippen molar-refractivity contribution in [3.8, 4) is 0 Å². The minimum Gasteiger partial charge on any atom is -0.467 e. The van der Waals surface area contributed by atoms with Gasteiger partial charge in [0.2, 0.25) is 0 Å². The first-order valence-corrected chi connectivity index (χ1v) is 8.43. The smallest absolute Gasteiger partial charge is 0.338 e. The van der Waals surface area contributed by atoms with E-state index in [0.29, 0.717) is 30.1 Å². The molecule has 0 spiro atoms. The lowest BCUT2D eigenvalue weighted by molar-refractivity contribution is -0.890. The number of urea groups is 1. The number of rotatable bonds is 7. The third-order valence-corrected chi connectivity index (χ3v) is 4.01. The van der Waals surface area contributed by atoms with Crippen LogP contribution in [0.2, 0.25) is 0 Å². The molecular weight excluding hydrogens is 338 g/mol. The molecule has 8 nitrogen and oxygen atoms in total. The molecule has 3 rings (SSSR count). The molecule has 138 valence electrons. The van der Waals surface area contributed by atoms with Crippen LogP contribution in [0.15, 0.2) is 56.9 Å². The second kappa shape index (κ2) is 7.92. The van der Waals surface area contributed by atoms with Crippen molar-refractivity contribution in [1.82, 2.24) is 10.6 Å². The Morgan fingerprint density at radius 2 is 2.00 bits per heavy atom. The minimum atomic E-state index is -0.691. The molecule has 0 aromatic carbocycles. The zero-order valence-electron chi connectivity index (χ0n) is 14.7. The molecule has 1 aliphatic rings. The molecule has 0 fully saturated rings. The number of ether oxygens (including phenoxy) is 1. The molecule has 0 aliphatic carbocycles. The van der Waals surface area contributed by atoms with Crippen LogP contribution in [0.4, 0.5) is 4.79 Å². The summed E-state index contributed by atoms with van der Waals surface area (Å²) in [5, 5.41) is 5.47. The molecular formula is C18H22N3O5+. The number of hydrogen-bond donors (Lipinski definition) is 3. The van der Waals surface area contributed by atoms with Crippen LogP contribution in [-0.4, -0.2) is 32.2 Å². The molecule has 3 heterocycles. The summed E-state index contributed by atoms with van der Waals surface area (Å²) in [6.45, 7) is 3.01. The third-order valence-electron chi connectivity index (χ3n) is 4.01. The average molecular weight is 360 g/mol. The fraction of sp³-hybridized carbons (Fsp3) is 0.333. The molecule has 2 amide bonds. The predicted octanol–water partition coefficient (Wildman–Crippen LogP) is 0.759. The van der Waals surface area contributed by atoms with Gasteiger partial charge in [-0.25, -0.2) is 9.59 Å². The molecule has 1 aliphatic heterocycles. The molecule has 8 heteroatoms. The highest BCUT2D eigenvalue weighted by molar-refractivity contribution is 5.95. The molecule has 2 atom stereocenters. The second-order valence-corrected chi connectivity index (χ2v) is 6.05. The minimum absolute atomic E-state index is 0.240. The Labute approximate surface area is 150 Å². The highest BCUT2D eigenvalue weighted by Crippen LogP contribution is 2.27. The van der Waals surface area contributed by atoms with Crippen molar-refractivity contribution < 1.29 is 28.1 Å². The molecule has 3 N–H and O–H groups in total. The lowest BCUT2D eigenvalue weighted by atomic mass is 10.00. The molecule has 2 aromatic heterocycles. The van der Waals surface area contributed by atoms with Crippen molar-refractivity contribution in [1.29, 1.82) is 0 Å². The molecule has 0 radical (unpaired) electrons. The summed E-state index contributed by atoms with van der Waals surface area (Å²) < 4.78 is 16.0. The summed E-state index contributed by atoms with van der Waals surface area (Å²) in [4.78, 5) is 25.7. The van der Waals surface area contributed by atoms with E-state index in [1.54, 1.807) is 25.3 Å². The van der Waals surface area contributed by atoms with Gasteiger partial charge in [-0.1, -0.05) is 0 Å². The Kier molecular flexibility index (Phi) is 5.43. The zero-order chi connectivity index (χ0) is 18.5. The number of hydrogen-bond acceptors (Lipinski definition) is 5. The van der Waals surface area contributed by atoms with E-state index in [1.165, 1.54) is 6.26 Å². The van der Waals surface area contributed by atoms with Crippen molar-refractivity contribution in [2.75, 3.05) is 20.2 Å². The monoisotopic (exact) mass is 360 g/mol. The number of amides is 2. The maximum atomic E-state index is 12.6. The van der Waals surface area contributed by atoms with Crippen molar-refractivity contribution in [3.63, 3.8) is 0 Å². The van der Waals surface area contributed by atoms with Crippen LogP contribution in [0.5, 0.6) is 0 Å². The Morgan fingerprint density at radius 1 is 1.23 bits per heavy atom. The average Bonchev–Trinajstić information content (AvgIpc) is 3.27. The standard InChI is InChI=1S/C18H21N3O5/c1-3-24-17(22)15-13(11-21(2)10-12-6-4-8-25-12)19-18(23)20-16(15)14-7-5-9-26-14/h4-9,16H,3,10-11H2,1-2H3,(H2,19,20,23)/p+1/t16-/m1/s1. The number of furan rings is 2. The fourth-order valence-corrected chi connectivity index (χ4v) is 2.95. The van der Waals surface area contributed by atoms with Crippen LogP contribution in [0.25, 0.3) is 0 Å². The van der Waals surface area contributed by atoms with Crippen LogP contribution in [0.1, 0.15) is 24.5 Å². The Balaban J connectivity index is 1.90.